The highest BCUT2D eigenvalue weighted by Crippen LogP contribution is 2.42. The molecule has 0 bridgehead atoms. The molecule has 3 rings (SSSR count). The number of rotatable bonds is 0. The van der Waals surface area contributed by atoms with Crippen LogP contribution in [0, 0.1) is 0 Å². The summed E-state index contributed by atoms with van der Waals surface area (Å²) in [6.45, 7) is 1.87. The second-order valence-corrected chi connectivity index (χ2v) is 4.59. The van der Waals surface area contributed by atoms with Gasteiger partial charge in [0.2, 0.25) is 5.91 Å². The first-order valence-corrected chi connectivity index (χ1v) is 5.54. The molecule has 1 fully saturated rings. The summed E-state index contributed by atoms with van der Waals surface area (Å²) in [4.78, 5) is 22.9. The number of aromatic nitrogens is 2. The minimum Gasteiger partial charge on any atom is -0.308 e. The molecule has 0 saturated carbocycles. The molecule has 2 aliphatic rings. The number of carbonyl (C=O) groups is 1. The molecular formula is C11H14N4O. The third kappa shape index (κ3) is 1.18. The fourth-order valence-corrected chi connectivity index (χ4v) is 2.58. The number of carbonyl (C=O) groups excluding carboxylic acids is 1. The van der Waals surface area contributed by atoms with Crippen molar-refractivity contribution in [1.29, 1.82) is 0 Å². The van der Waals surface area contributed by atoms with Crippen LogP contribution < -0.4 is 5.32 Å². The van der Waals surface area contributed by atoms with Crippen LogP contribution in [0.25, 0.3) is 0 Å². The number of nitrogens with one attached hydrogen (secondary N) is 1. The Morgan fingerprint density at radius 2 is 2.00 bits per heavy atom. The molecule has 1 spiro atoms. The van der Waals surface area contributed by atoms with E-state index in [1.807, 2.05) is 0 Å². The molecule has 3 heterocycles. The second-order valence-electron chi connectivity index (χ2n) is 4.59. The van der Waals surface area contributed by atoms with Gasteiger partial charge in [0.05, 0.1) is 11.1 Å². The third-order valence-corrected chi connectivity index (χ3v) is 3.66. The van der Waals surface area contributed by atoms with E-state index in [0.717, 1.165) is 31.6 Å². The number of likely N-dealkylation sites (tertiary alicyclic amines) is 1. The van der Waals surface area contributed by atoms with E-state index >= 15 is 0 Å². The van der Waals surface area contributed by atoms with E-state index in [1.54, 1.807) is 12.4 Å². The molecule has 0 atom stereocenters. The fourth-order valence-electron chi connectivity index (χ4n) is 2.58. The number of amides is 1. The molecule has 2 aliphatic heterocycles. The molecule has 5 heteroatoms. The fraction of sp³-hybridized carbons (Fsp3) is 0.545. The summed E-state index contributed by atoms with van der Waals surface area (Å²) in [5, 5.41) is 2.84. The van der Waals surface area contributed by atoms with E-state index in [0.29, 0.717) is 5.82 Å². The lowest BCUT2D eigenvalue weighted by Crippen LogP contribution is -2.45. The predicted octanol–water partition coefficient (Wildman–Crippen LogP) is 0.392. The first kappa shape index (κ1) is 9.72. The standard InChI is InChI=1S/C11H14N4O/c1-15-6-2-11(3-7-15)8-9(14-10(11)16)13-5-4-12-8/h4-5H,2-3,6-7H2,1H3,(H,13,14,16). The van der Waals surface area contributed by atoms with Crippen LogP contribution in [0.1, 0.15) is 18.5 Å². The number of hydrogen-bond donors (Lipinski definition) is 1. The SMILES string of the molecule is CN1CCC2(CC1)C(=O)Nc1nccnc12. The van der Waals surface area contributed by atoms with Gasteiger partial charge in [-0.2, -0.15) is 0 Å². The van der Waals surface area contributed by atoms with Crippen molar-refractivity contribution in [2.75, 3.05) is 25.5 Å². The zero-order valence-corrected chi connectivity index (χ0v) is 9.23. The topological polar surface area (TPSA) is 58.1 Å². The molecule has 0 aromatic carbocycles. The monoisotopic (exact) mass is 218 g/mol. The number of piperidine rings is 1. The smallest absolute Gasteiger partial charge is 0.238 e. The summed E-state index contributed by atoms with van der Waals surface area (Å²) in [5.41, 5.74) is 0.420. The Bertz CT molecular complexity index is 437. The van der Waals surface area contributed by atoms with E-state index in [4.69, 9.17) is 0 Å². The lowest BCUT2D eigenvalue weighted by atomic mass is 9.76. The Morgan fingerprint density at radius 1 is 1.31 bits per heavy atom. The largest absolute Gasteiger partial charge is 0.308 e. The molecule has 5 nitrogen and oxygen atoms in total. The van der Waals surface area contributed by atoms with Crippen LogP contribution in [0.5, 0.6) is 0 Å². The Hall–Kier alpha value is -1.49. The van der Waals surface area contributed by atoms with E-state index < -0.39 is 5.41 Å². The highest BCUT2D eigenvalue weighted by Gasteiger charge is 2.49. The number of fused-ring (bicyclic) bond motifs is 2. The number of nitrogens with zero attached hydrogens (tertiary/aromatic N) is 3. The van der Waals surface area contributed by atoms with Crippen molar-refractivity contribution in [3.05, 3.63) is 18.1 Å². The molecule has 1 aromatic heterocycles. The average molecular weight is 218 g/mol. The van der Waals surface area contributed by atoms with Crippen LogP contribution in [0.4, 0.5) is 5.82 Å². The van der Waals surface area contributed by atoms with Gasteiger partial charge in [0.1, 0.15) is 0 Å². The number of anilines is 1. The van der Waals surface area contributed by atoms with Crippen LogP contribution in [0.3, 0.4) is 0 Å². The summed E-state index contributed by atoms with van der Waals surface area (Å²) in [7, 11) is 2.08. The third-order valence-electron chi connectivity index (χ3n) is 3.66. The van der Waals surface area contributed by atoms with Crippen LogP contribution in [0.2, 0.25) is 0 Å². The van der Waals surface area contributed by atoms with E-state index in [1.165, 1.54) is 0 Å². The lowest BCUT2D eigenvalue weighted by Gasteiger charge is -2.35. The van der Waals surface area contributed by atoms with Crippen LogP contribution >= 0.6 is 0 Å². The van der Waals surface area contributed by atoms with Crippen LogP contribution in [-0.2, 0) is 10.2 Å². The van der Waals surface area contributed by atoms with Crippen LogP contribution in [-0.4, -0.2) is 40.9 Å². The molecule has 16 heavy (non-hydrogen) atoms. The van der Waals surface area contributed by atoms with Gasteiger partial charge in [0, 0.05) is 12.4 Å². The summed E-state index contributed by atoms with van der Waals surface area (Å²) in [6.07, 6.45) is 4.95. The molecule has 1 aromatic rings. The Morgan fingerprint density at radius 3 is 2.75 bits per heavy atom. The van der Waals surface area contributed by atoms with Crippen LogP contribution in [0.15, 0.2) is 12.4 Å². The minimum atomic E-state index is -0.421. The zero-order valence-electron chi connectivity index (χ0n) is 9.23. The zero-order chi connectivity index (χ0) is 11.2. The first-order chi connectivity index (χ1) is 7.72. The summed E-state index contributed by atoms with van der Waals surface area (Å²) < 4.78 is 0. The highest BCUT2D eigenvalue weighted by atomic mass is 16.2. The minimum absolute atomic E-state index is 0.0711. The van der Waals surface area contributed by atoms with Gasteiger partial charge >= 0.3 is 0 Å². The molecular weight excluding hydrogens is 204 g/mol. The maximum Gasteiger partial charge on any atom is 0.238 e. The maximum atomic E-state index is 12.1. The molecule has 1 N–H and O–H groups in total. The van der Waals surface area contributed by atoms with Crippen molar-refractivity contribution < 1.29 is 4.79 Å². The van der Waals surface area contributed by atoms with Gasteiger partial charge in [-0.15, -0.1) is 0 Å². The normalized spacial score (nSPS) is 23.2. The first-order valence-electron chi connectivity index (χ1n) is 5.54. The van der Waals surface area contributed by atoms with Gasteiger partial charge < -0.3 is 10.2 Å². The van der Waals surface area contributed by atoms with Gasteiger partial charge in [-0.1, -0.05) is 0 Å². The van der Waals surface area contributed by atoms with Crippen molar-refractivity contribution >= 4 is 11.7 Å². The van der Waals surface area contributed by atoms with Gasteiger partial charge in [-0.05, 0) is 33.0 Å². The molecule has 0 unspecified atom stereocenters. The Balaban J connectivity index is 2.04. The maximum absolute atomic E-state index is 12.1. The van der Waals surface area contributed by atoms with E-state index in [2.05, 4.69) is 27.2 Å². The quantitative estimate of drug-likeness (QED) is 0.684. The van der Waals surface area contributed by atoms with Crippen molar-refractivity contribution in [1.82, 2.24) is 14.9 Å². The molecule has 1 amide bonds. The lowest BCUT2D eigenvalue weighted by molar-refractivity contribution is -0.122. The molecule has 1 saturated heterocycles. The molecule has 0 radical (unpaired) electrons. The van der Waals surface area contributed by atoms with E-state index in [-0.39, 0.29) is 5.91 Å². The second kappa shape index (κ2) is 3.25. The highest BCUT2D eigenvalue weighted by molar-refractivity contribution is 6.04. The Kier molecular flexibility index (Phi) is 1.97. The van der Waals surface area contributed by atoms with Crippen molar-refractivity contribution in [3.63, 3.8) is 0 Å². The molecule has 84 valence electrons. The Labute approximate surface area is 93.9 Å². The summed E-state index contributed by atoms with van der Waals surface area (Å²) in [6, 6.07) is 0. The summed E-state index contributed by atoms with van der Waals surface area (Å²) in [5.74, 6) is 0.721. The van der Waals surface area contributed by atoms with Gasteiger partial charge in [-0.3, -0.25) is 9.78 Å². The van der Waals surface area contributed by atoms with Gasteiger partial charge in [0.15, 0.2) is 5.82 Å². The van der Waals surface area contributed by atoms with E-state index in [9.17, 15) is 4.79 Å². The van der Waals surface area contributed by atoms with Crippen molar-refractivity contribution in [3.8, 4) is 0 Å². The molecule has 0 aliphatic carbocycles. The predicted molar refractivity (Wildman–Crippen MR) is 59.1 cm³/mol. The van der Waals surface area contributed by atoms with Crippen molar-refractivity contribution in [2.45, 2.75) is 18.3 Å². The van der Waals surface area contributed by atoms with Crippen molar-refractivity contribution in [2.24, 2.45) is 0 Å². The average Bonchev–Trinajstić information content (AvgIpc) is 2.57. The number of hydrogen-bond acceptors (Lipinski definition) is 4. The van der Waals surface area contributed by atoms with Gasteiger partial charge in [-0.25, -0.2) is 4.98 Å². The summed E-state index contributed by atoms with van der Waals surface area (Å²) >= 11 is 0. The van der Waals surface area contributed by atoms with Gasteiger partial charge in [0.25, 0.3) is 0 Å².